The van der Waals surface area contributed by atoms with E-state index in [-0.39, 0.29) is 5.78 Å². The normalized spacial score (nSPS) is 11.1. The number of aromatic nitrogens is 1. The fraction of sp³-hybridized carbons (Fsp3) is 0.318. The van der Waals surface area contributed by atoms with Gasteiger partial charge in [-0.05, 0) is 19.4 Å². The van der Waals surface area contributed by atoms with Gasteiger partial charge in [0.05, 0.1) is 5.56 Å². The first-order valence-corrected chi connectivity index (χ1v) is 8.91. The number of para-hydroxylation sites is 1. The van der Waals surface area contributed by atoms with E-state index in [1.54, 1.807) is 0 Å². The number of hydrogen-bond donors (Lipinski definition) is 0. The van der Waals surface area contributed by atoms with Crippen molar-refractivity contribution in [3.63, 3.8) is 0 Å². The molecule has 0 aliphatic carbocycles. The summed E-state index contributed by atoms with van der Waals surface area (Å²) in [5, 5.41) is 1.07. The Balaban J connectivity index is 2.02. The van der Waals surface area contributed by atoms with Crippen molar-refractivity contribution in [3.8, 4) is 0 Å². The molecule has 0 aliphatic heterocycles. The number of benzene rings is 2. The van der Waals surface area contributed by atoms with Crippen molar-refractivity contribution in [2.75, 3.05) is 0 Å². The molecule has 0 amide bonds. The number of rotatable bonds is 7. The Labute approximate surface area is 144 Å². The second-order valence-electron chi connectivity index (χ2n) is 6.39. The van der Waals surface area contributed by atoms with Crippen LogP contribution in [0.25, 0.3) is 10.9 Å². The number of hydrogen-bond acceptors (Lipinski definition) is 1. The molecule has 0 spiro atoms. The summed E-state index contributed by atoms with van der Waals surface area (Å²) in [6, 6.07) is 17.9. The number of aryl methyl sites for hydroxylation is 1. The topological polar surface area (TPSA) is 22.0 Å². The Bertz CT molecular complexity index is 830. The minimum absolute atomic E-state index is 0.122. The lowest BCUT2D eigenvalue weighted by atomic mass is 10.0. The molecule has 2 heteroatoms. The highest BCUT2D eigenvalue weighted by molar-refractivity contribution is 6.17. The second-order valence-corrected chi connectivity index (χ2v) is 6.39. The number of carbonyl (C=O) groups excluding carboxylic acids is 1. The summed E-state index contributed by atoms with van der Waals surface area (Å²) in [6.07, 6.45) is 4.91. The largest absolute Gasteiger partial charge is 0.344 e. The summed E-state index contributed by atoms with van der Waals surface area (Å²) in [6.45, 7) is 5.29. The molecule has 0 N–H and O–H groups in total. The van der Waals surface area contributed by atoms with Gasteiger partial charge in [0.2, 0.25) is 0 Å². The molecule has 0 bridgehead atoms. The van der Waals surface area contributed by atoms with E-state index in [9.17, 15) is 4.79 Å². The van der Waals surface area contributed by atoms with E-state index in [1.165, 1.54) is 24.8 Å². The van der Waals surface area contributed by atoms with E-state index >= 15 is 0 Å². The lowest BCUT2D eigenvalue weighted by Gasteiger charge is -2.08. The Morgan fingerprint density at radius 2 is 1.62 bits per heavy atom. The average Bonchev–Trinajstić information content (AvgIpc) is 2.90. The molecule has 0 saturated carbocycles. The first-order chi connectivity index (χ1) is 11.7. The summed E-state index contributed by atoms with van der Waals surface area (Å²) in [4.78, 5) is 13.1. The van der Waals surface area contributed by atoms with Gasteiger partial charge >= 0.3 is 0 Å². The van der Waals surface area contributed by atoms with Crippen LogP contribution >= 0.6 is 0 Å². The maximum atomic E-state index is 13.1. The predicted octanol–water partition coefficient (Wildman–Crippen LogP) is 5.76. The maximum Gasteiger partial charge on any atom is 0.195 e. The van der Waals surface area contributed by atoms with Gasteiger partial charge in [-0.25, -0.2) is 0 Å². The highest BCUT2D eigenvalue weighted by atomic mass is 16.1. The average molecular weight is 319 g/mol. The number of ketones is 1. The maximum absolute atomic E-state index is 13.1. The van der Waals surface area contributed by atoms with Crippen LogP contribution in [0.3, 0.4) is 0 Å². The van der Waals surface area contributed by atoms with Gasteiger partial charge in [0.1, 0.15) is 0 Å². The third kappa shape index (κ3) is 3.14. The van der Waals surface area contributed by atoms with Gasteiger partial charge in [0, 0.05) is 28.7 Å². The smallest absolute Gasteiger partial charge is 0.195 e. The minimum atomic E-state index is 0.122. The van der Waals surface area contributed by atoms with Crippen molar-refractivity contribution in [1.82, 2.24) is 4.57 Å². The number of carbonyl (C=O) groups is 1. The Morgan fingerprint density at radius 3 is 2.38 bits per heavy atom. The summed E-state index contributed by atoms with van der Waals surface area (Å²) in [7, 11) is 0. The Morgan fingerprint density at radius 1 is 0.917 bits per heavy atom. The third-order valence-corrected chi connectivity index (χ3v) is 4.73. The van der Waals surface area contributed by atoms with Crippen molar-refractivity contribution in [1.29, 1.82) is 0 Å². The molecule has 0 aliphatic rings. The first kappa shape index (κ1) is 16.5. The second kappa shape index (κ2) is 7.48. The molecule has 0 atom stereocenters. The van der Waals surface area contributed by atoms with E-state index in [2.05, 4.69) is 36.6 Å². The van der Waals surface area contributed by atoms with Crippen LogP contribution in [0.4, 0.5) is 0 Å². The molecule has 0 fully saturated rings. The van der Waals surface area contributed by atoms with E-state index in [4.69, 9.17) is 0 Å². The molecule has 3 aromatic rings. The number of nitrogens with zero attached hydrogens (tertiary/aromatic N) is 1. The van der Waals surface area contributed by atoms with Gasteiger partial charge in [-0.15, -0.1) is 0 Å². The van der Waals surface area contributed by atoms with E-state index in [1.807, 2.05) is 36.4 Å². The van der Waals surface area contributed by atoms with Crippen LogP contribution in [-0.4, -0.2) is 10.4 Å². The lowest BCUT2D eigenvalue weighted by molar-refractivity contribution is 0.103. The Hall–Kier alpha value is -2.35. The number of unbranched alkanes of at least 4 members (excludes halogenated alkanes) is 3. The highest BCUT2D eigenvalue weighted by Crippen LogP contribution is 2.28. The molecule has 3 rings (SSSR count). The summed E-state index contributed by atoms with van der Waals surface area (Å²) < 4.78 is 2.32. The van der Waals surface area contributed by atoms with Gasteiger partial charge in [0.15, 0.2) is 5.78 Å². The first-order valence-electron chi connectivity index (χ1n) is 8.91. The van der Waals surface area contributed by atoms with Gasteiger partial charge < -0.3 is 4.57 Å². The highest BCUT2D eigenvalue weighted by Gasteiger charge is 2.20. The van der Waals surface area contributed by atoms with Crippen LogP contribution in [0.2, 0.25) is 0 Å². The number of fused-ring (bicyclic) bond motifs is 1. The van der Waals surface area contributed by atoms with Crippen molar-refractivity contribution >= 4 is 16.7 Å². The van der Waals surface area contributed by atoms with Crippen LogP contribution in [0.1, 0.15) is 54.2 Å². The van der Waals surface area contributed by atoms with Gasteiger partial charge in [0.25, 0.3) is 0 Å². The van der Waals surface area contributed by atoms with Crippen LogP contribution in [0.15, 0.2) is 54.6 Å². The SMILES string of the molecule is CCCCCCn1c(C)c(C(=O)c2ccccc2)c2ccccc21. The molecule has 24 heavy (non-hydrogen) atoms. The fourth-order valence-electron chi connectivity index (χ4n) is 3.44. The van der Waals surface area contributed by atoms with Crippen LogP contribution in [-0.2, 0) is 6.54 Å². The molecule has 0 saturated heterocycles. The zero-order valence-corrected chi connectivity index (χ0v) is 14.6. The summed E-state index contributed by atoms with van der Waals surface area (Å²) >= 11 is 0. The van der Waals surface area contributed by atoms with Crippen molar-refractivity contribution in [2.45, 2.75) is 46.1 Å². The predicted molar refractivity (Wildman–Crippen MR) is 101 cm³/mol. The molecule has 1 aromatic heterocycles. The third-order valence-electron chi connectivity index (χ3n) is 4.73. The molecular formula is C22H25NO. The van der Waals surface area contributed by atoms with Crippen LogP contribution in [0, 0.1) is 6.92 Å². The zero-order valence-electron chi connectivity index (χ0n) is 14.6. The molecule has 0 radical (unpaired) electrons. The minimum Gasteiger partial charge on any atom is -0.344 e. The molecule has 0 unspecified atom stereocenters. The van der Waals surface area contributed by atoms with Gasteiger partial charge in [-0.2, -0.15) is 0 Å². The van der Waals surface area contributed by atoms with E-state index < -0.39 is 0 Å². The summed E-state index contributed by atoms with van der Waals surface area (Å²) in [5.41, 5.74) is 3.87. The molecular weight excluding hydrogens is 294 g/mol. The van der Waals surface area contributed by atoms with Crippen molar-refractivity contribution < 1.29 is 4.79 Å². The van der Waals surface area contributed by atoms with Crippen LogP contribution < -0.4 is 0 Å². The zero-order chi connectivity index (χ0) is 16.9. The van der Waals surface area contributed by atoms with E-state index in [0.717, 1.165) is 35.2 Å². The molecule has 124 valence electrons. The Kier molecular flexibility index (Phi) is 5.14. The summed E-state index contributed by atoms with van der Waals surface area (Å²) in [5.74, 6) is 0.122. The van der Waals surface area contributed by atoms with Crippen molar-refractivity contribution in [2.24, 2.45) is 0 Å². The lowest BCUT2D eigenvalue weighted by Crippen LogP contribution is -2.05. The monoisotopic (exact) mass is 319 g/mol. The van der Waals surface area contributed by atoms with Crippen LogP contribution in [0.5, 0.6) is 0 Å². The molecule has 1 heterocycles. The fourth-order valence-corrected chi connectivity index (χ4v) is 3.44. The van der Waals surface area contributed by atoms with E-state index in [0.29, 0.717) is 0 Å². The molecule has 2 nitrogen and oxygen atoms in total. The van der Waals surface area contributed by atoms with Gasteiger partial charge in [-0.3, -0.25) is 4.79 Å². The quantitative estimate of drug-likeness (QED) is 0.401. The molecule has 2 aromatic carbocycles. The van der Waals surface area contributed by atoms with Crippen molar-refractivity contribution in [3.05, 3.63) is 71.4 Å². The standard InChI is InChI=1S/C22H25NO/c1-3-4-5-11-16-23-17(2)21(19-14-9-10-15-20(19)23)22(24)18-12-7-6-8-13-18/h6-10,12-15H,3-5,11,16H2,1-2H3. The van der Waals surface area contributed by atoms with Gasteiger partial charge in [-0.1, -0.05) is 74.7 Å².